The summed E-state index contributed by atoms with van der Waals surface area (Å²) in [4.78, 5) is 15.9. The molecule has 3 nitrogen and oxygen atoms in total. The van der Waals surface area contributed by atoms with Gasteiger partial charge in [-0.1, -0.05) is 12.1 Å². The third-order valence-corrected chi connectivity index (χ3v) is 2.98. The predicted molar refractivity (Wildman–Crippen MR) is 57.5 cm³/mol. The van der Waals surface area contributed by atoms with E-state index >= 15 is 0 Å². The Morgan fingerprint density at radius 1 is 1.26 bits per heavy atom. The minimum absolute atomic E-state index is 0.437. The van der Waals surface area contributed by atoms with E-state index in [0.717, 1.165) is 0 Å². The first-order valence-electron chi connectivity index (χ1n) is 5.58. The summed E-state index contributed by atoms with van der Waals surface area (Å²) >= 11 is 0. The highest BCUT2D eigenvalue weighted by molar-refractivity contribution is 5.90. The Labute approximate surface area is 106 Å². The molecule has 0 bridgehead atoms. The summed E-state index contributed by atoms with van der Waals surface area (Å²) in [7, 11) is 0. The normalized spacial score (nSPS) is 17.1. The summed E-state index contributed by atoms with van der Waals surface area (Å²) in [5.41, 5.74) is 1.48. The number of alkyl halides is 3. The highest BCUT2D eigenvalue weighted by Crippen LogP contribution is 2.48. The van der Waals surface area contributed by atoms with Gasteiger partial charge in [0.05, 0.1) is 5.41 Å². The second kappa shape index (κ2) is 4.80. The molecule has 0 heterocycles. The van der Waals surface area contributed by atoms with Gasteiger partial charge in [0.1, 0.15) is 5.82 Å². The number of benzene rings is 1. The average molecular weight is 277 g/mol. The van der Waals surface area contributed by atoms with Gasteiger partial charge in [0.2, 0.25) is 0 Å². The van der Waals surface area contributed by atoms with Crippen molar-refractivity contribution in [2.75, 3.05) is 6.61 Å². The van der Waals surface area contributed by atoms with Crippen molar-refractivity contribution < 1.29 is 27.2 Å². The first-order chi connectivity index (χ1) is 8.83. The fourth-order valence-corrected chi connectivity index (χ4v) is 1.82. The maximum Gasteiger partial charge on any atom is 0.414 e. The van der Waals surface area contributed by atoms with Gasteiger partial charge in [0.25, 0.3) is 5.91 Å². The monoisotopic (exact) mass is 277 g/mol. The van der Waals surface area contributed by atoms with E-state index in [1.54, 1.807) is 5.48 Å². The lowest BCUT2D eigenvalue weighted by Crippen LogP contribution is -2.37. The van der Waals surface area contributed by atoms with Gasteiger partial charge >= 0.3 is 6.18 Å². The lowest BCUT2D eigenvalue weighted by Gasteiger charge is -2.16. The van der Waals surface area contributed by atoms with Gasteiger partial charge in [0, 0.05) is 0 Å². The zero-order valence-corrected chi connectivity index (χ0v) is 9.76. The van der Waals surface area contributed by atoms with Crippen LogP contribution in [-0.2, 0) is 15.0 Å². The van der Waals surface area contributed by atoms with Crippen LogP contribution in [0.1, 0.15) is 18.4 Å². The van der Waals surface area contributed by atoms with Gasteiger partial charge in [-0.2, -0.15) is 13.2 Å². The van der Waals surface area contributed by atoms with Crippen molar-refractivity contribution in [3.63, 3.8) is 0 Å². The molecule has 0 unspecified atom stereocenters. The van der Waals surface area contributed by atoms with Crippen molar-refractivity contribution in [3.05, 3.63) is 35.6 Å². The lowest BCUT2D eigenvalue weighted by molar-refractivity contribution is -0.192. The molecule has 2 rings (SSSR count). The van der Waals surface area contributed by atoms with Crippen molar-refractivity contribution >= 4 is 5.91 Å². The molecule has 1 aromatic rings. The van der Waals surface area contributed by atoms with Crippen molar-refractivity contribution in [1.82, 2.24) is 5.48 Å². The SMILES string of the molecule is O=C(NOCC(F)(F)F)C1(c2ccc(F)cc2)CC1. The number of nitrogens with one attached hydrogen (secondary N) is 1. The lowest BCUT2D eigenvalue weighted by atomic mass is 9.95. The summed E-state index contributed by atoms with van der Waals surface area (Å²) in [5.74, 6) is -1.07. The Balaban J connectivity index is 1.97. The summed E-state index contributed by atoms with van der Waals surface area (Å²) < 4.78 is 48.4. The molecule has 1 aliphatic rings. The van der Waals surface area contributed by atoms with Crippen molar-refractivity contribution in [1.29, 1.82) is 0 Å². The molecular formula is C12H11F4NO2. The van der Waals surface area contributed by atoms with E-state index in [-0.39, 0.29) is 0 Å². The van der Waals surface area contributed by atoms with Crippen LogP contribution in [0.15, 0.2) is 24.3 Å². The molecule has 19 heavy (non-hydrogen) atoms. The average Bonchev–Trinajstić information content (AvgIpc) is 3.09. The van der Waals surface area contributed by atoms with Gasteiger partial charge < -0.3 is 0 Å². The quantitative estimate of drug-likeness (QED) is 0.678. The van der Waals surface area contributed by atoms with Crippen LogP contribution in [0.4, 0.5) is 17.6 Å². The van der Waals surface area contributed by atoms with E-state index in [9.17, 15) is 22.4 Å². The second-order valence-electron chi connectivity index (χ2n) is 4.42. The molecule has 0 aliphatic heterocycles. The maximum absolute atomic E-state index is 12.8. The van der Waals surface area contributed by atoms with Crippen LogP contribution in [0, 0.1) is 5.82 Å². The highest BCUT2D eigenvalue weighted by Gasteiger charge is 2.51. The number of halogens is 4. The van der Waals surface area contributed by atoms with E-state index in [4.69, 9.17) is 0 Å². The number of hydroxylamine groups is 1. The summed E-state index contributed by atoms with van der Waals surface area (Å²) in [6.45, 7) is -1.54. The largest absolute Gasteiger partial charge is 0.414 e. The number of rotatable bonds is 4. The van der Waals surface area contributed by atoms with Crippen molar-refractivity contribution in [3.8, 4) is 0 Å². The van der Waals surface area contributed by atoms with Crippen LogP contribution in [0.5, 0.6) is 0 Å². The highest BCUT2D eigenvalue weighted by atomic mass is 19.4. The van der Waals surface area contributed by atoms with Crippen LogP contribution >= 0.6 is 0 Å². The molecule has 1 aromatic carbocycles. The van der Waals surface area contributed by atoms with Crippen LogP contribution in [0.3, 0.4) is 0 Å². The maximum atomic E-state index is 12.8. The third-order valence-electron chi connectivity index (χ3n) is 2.98. The summed E-state index contributed by atoms with van der Waals surface area (Å²) in [6, 6.07) is 5.32. The Morgan fingerprint density at radius 3 is 2.32 bits per heavy atom. The Morgan fingerprint density at radius 2 is 1.84 bits per heavy atom. The molecule has 1 fully saturated rings. The summed E-state index contributed by atoms with van der Waals surface area (Å²) in [5, 5.41) is 0. The molecule has 104 valence electrons. The minimum Gasteiger partial charge on any atom is -0.272 e. The first kappa shape index (κ1) is 13.8. The molecular weight excluding hydrogens is 266 g/mol. The molecule has 0 atom stereocenters. The number of carbonyl (C=O) groups excluding carboxylic acids is 1. The van der Waals surface area contributed by atoms with Gasteiger partial charge in [-0.3, -0.25) is 9.63 Å². The summed E-state index contributed by atoms with van der Waals surface area (Å²) in [6.07, 6.45) is -3.50. The van der Waals surface area contributed by atoms with E-state index in [1.807, 2.05) is 0 Å². The van der Waals surface area contributed by atoms with Gasteiger partial charge in [-0.25, -0.2) is 9.87 Å². The molecule has 7 heteroatoms. The number of amides is 1. The zero-order valence-electron chi connectivity index (χ0n) is 9.76. The molecule has 1 N–H and O–H groups in total. The van der Waals surface area contributed by atoms with Crippen molar-refractivity contribution in [2.24, 2.45) is 0 Å². The molecule has 1 saturated carbocycles. The van der Waals surface area contributed by atoms with Gasteiger partial charge in [0.15, 0.2) is 6.61 Å². The van der Waals surface area contributed by atoms with Crippen LogP contribution < -0.4 is 5.48 Å². The van der Waals surface area contributed by atoms with Crippen molar-refractivity contribution in [2.45, 2.75) is 24.4 Å². The van der Waals surface area contributed by atoms with Crippen LogP contribution in [0.2, 0.25) is 0 Å². The van der Waals surface area contributed by atoms with Gasteiger partial charge in [-0.15, -0.1) is 0 Å². The van der Waals surface area contributed by atoms with Crippen LogP contribution in [-0.4, -0.2) is 18.7 Å². The molecule has 1 aliphatic carbocycles. The van der Waals surface area contributed by atoms with E-state index in [1.165, 1.54) is 24.3 Å². The van der Waals surface area contributed by atoms with E-state index in [2.05, 4.69) is 4.84 Å². The molecule has 0 spiro atoms. The fraction of sp³-hybridized carbons (Fsp3) is 0.417. The standard InChI is InChI=1S/C12H11F4NO2/c13-9-3-1-8(2-4-9)11(5-6-11)10(18)17-19-7-12(14,15)16/h1-4H,5-7H2,(H,17,18). The van der Waals surface area contributed by atoms with E-state index < -0.39 is 29.9 Å². The van der Waals surface area contributed by atoms with Gasteiger partial charge in [-0.05, 0) is 30.5 Å². The Bertz CT molecular complexity index is 466. The Kier molecular flexibility index (Phi) is 3.49. The second-order valence-corrected chi connectivity index (χ2v) is 4.42. The smallest absolute Gasteiger partial charge is 0.272 e. The molecule has 0 saturated heterocycles. The number of hydrogen-bond donors (Lipinski definition) is 1. The predicted octanol–water partition coefficient (Wildman–Crippen LogP) is 2.47. The molecule has 0 aromatic heterocycles. The molecule has 0 radical (unpaired) electrons. The molecule has 1 amide bonds. The number of carbonyl (C=O) groups is 1. The number of hydrogen-bond acceptors (Lipinski definition) is 2. The van der Waals surface area contributed by atoms with Crippen LogP contribution in [0.25, 0.3) is 0 Å². The Hall–Kier alpha value is -1.63. The minimum atomic E-state index is -4.50. The van der Waals surface area contributed by atoms with E-state index in [0.29, 0.717) is 18.4 Å². The first-order valence-corrected chi connectivity index (χ1v) is 5.58. The topological polar surface area (TPSA) is 38.3 Å². The zero-order chi connectivity index (χ0) is 14.1. The third kappa shape index (κ3) is 3.23. The fourth-order valence-electron chi connectivity index (χ4n) is 1.82.